The number of nitrogens with zero attached hydrogens (tertiary/aromatic N) is 6. The molecule has 35 heavy (non-hydrogen) atoms. The maximum absolute atomic E-state index is 9.38. The number of piperidine rings is 1. The Morgan fingerprint density at radius 2 is 1.89 bits per heavy atom. The number of hydrogen-bond acceptors (Lipinski definition) is 8. The molecule has 0 spiro atoms. The zero-order valence-corrected chi connectivity index (χ0v) is 19.9. The van der Waals surface area contributed by atoms with Gasteiger partial charge in [-0.2, -0.15) is 5.26 Å². The Kier molecular flexibility index (Phi) is 6.40. The summed E-state index contributed by atoms with van der Waals surface area (Å²) < 4.78 is 5.50. The van der Waals surface area contributed by atoms with Gasteiger partial charge in [-0.25, -0.2) is 19.9 Å². The van der Waals surface area contributed by atoms with E-state index in [0.717, 1.165) is 71.6 Å². The third-order valence-corrected chi connectivity index (χ3v) is 6.42. The van der Waals surface area contributed by atoms with Crippen molar-refractivity contribution in [2.24, 2.45) is 0 Å². The van der Waals surface area contributed by atoms with E-state index in [1.165, 1.54) is 0 Å². The fourth-order valence-corrected chi connectivity index (χ4v) is 4.56. The van der Waals surface area contributed by atoms with Crippen LogP contribution in [0.25, 0.3) is 22.0 Å². The van der Waals surface area contributed by atoms with E-state index in [0.29, 0.717) is 11.5 Å². The molecule has 1 N–H and O–H groups in total. The summed E-state index contributed by atoms with van der Waals surface area (Å²) >= 11 is 0. The molecule has 1 aliphatic heterocycles. The van der Waals surface area contributed by atoms with Gasteiger partial charge < -0.3 is 15.0 Å². The van der Waals surface area contributed by atoms with Gasteiger partial charge in [0.25, 0.3) is 0 Å². The number of fused-ring (bicyclic) bond motifs is 1. The number of hydrogen-bond donors (Lipinski definition) is 1. The molecule has 0 atom stereocenters. The Balaban J connectivity index is 1.43. The van der Waals surface area contributed by atoms with Gasteiger partial charge >= 0.3 is 0 Å². The van der Waals surface area contributed by atoms with E-state index in [2.05, 4.69) is 62.4 Å². The van der Waals surface area contributed by atoms with Crippen molar-refractivity contribution in [3.05, 3.63) is 66.5 Å². The topological polar surface area (TPSA) is 99.9 Å². The molecule has 0 amide bonds. The summed E-state index contributed by atoms with van der Waals surface area (Å²) in [4.78, 5) is 19.8. The van der Waals surface area contributed by atoms with Crippen LogP contribution in [0, 0.1) is 11.3 Å². The van der Waals surface area contributed by atoms with Crippen molar-refractivity contribution in [1.29, 1.82) is 5.26 Å². The molecular weight excluding hydrogens is 438 g/mol. The number of methoxy groups -OCH3 is 1. The number of ether oxygens (including phenoxy) is 1. The number of benzene rings is 2. The highest BCUT2D eigenvalue weighted by molar-refractivity contribution is 5.98. The first-order chi connectivity index (χ1) is 17.2. The van der Waals surface area contributed by atoms with Crippen LogP contribution in [0.2, 0.25) is 0 Å². The summed E-state index contributed by atoms with van der Waals surface area (Å²) in [5.41, 5.74) is 3.40. The molecule has 0 saturated carbocycles. The Morgan fingerprint density at radius 3 is 2.66 bits per heavy atom. The fraction of sp³-hybridized carbons (Fsp3) is 0.296. The van der Waals surface area contributed by atoms with Crippen molar-refractivity contribution in [1.82, 2.24) is 19.9 Å². The lowest BCUT2D eigenvalue weighted by Crippen LogP contribution is -2.40. The summed E-state index contributed by atoms with van der Waals surface area (Å²) in [6.45, 7) is 3.67. The molecule has 4 aromatic rings. The van der Waals surface area contributed by atoms with Crippen molar-refractivity contribution >= 4 is 22.3 Å². The summed E-state index contributed by atoms with van der Waals surface area (Å²) in [6.07, 6.45) is 7.66. The minimum Gasteiger partial charge on any atom is -0.497 e. The van der Waals surface area contributed by atoms with E-state index in [1.54, 1.807) is 19.5 Å². The number of rotatable bonds is 6. The van der Waals surface area contributed by atoms with Crippen LogP contribution in [0.1, 0.15) is 31.3 Å². The zero-order valence-electron chi connectivity index (χ0n) is 19.9. The van der Waals surface area contributed by atoms with Crippen molar-refractivity contribution in [3.63, 3.8) is 0 Å². The number of anilines is 2. The highest BCUT2D eigenvalue weighted by Crippen LogP contribution is 2.34. The van der Waals surface area contributed by atoms with Gasteiger partial charge in [0.2, 0.25) is 0 Å². The third kappa shape index (κ3) is 4.71. The van der Waals surface area contributed by atoms with Crippen molar-refractivity contribution < 1.29 is 4.74 Å². The van der Waals surface area contributed by atoms with Gasteiger partial charge in [-0.1, -0.05) is 13.0 Å². The van der Waals surface area contributed by atoms with Crippen LogP contribution in [-0.2, 0) is 6.42 Å². The lowest BCUT2D eigenvalue weighted by atomic mass is 9.99. The minimum absolute atomic E-state index is 0.287. The molecule has 3 heterocycles. The first-order valence-corrected chi connectivity index (χ1v) is 11.8. The first-order valence-electron chi connectivity index (χ1n) is 11.8. The summed E-state index contributed by atoms with van der Waals surface area (Å²) in [6, 6.07) is 14.9. The summed E-state index contributed by atoms with van der Waals surface area (Å²) in [5, 5.41) is 15.4. The molecule has 2 aromatic carbocycles. The monoisotopic (exact) mass is 465 g/mol. The molecule has 176 valence electrons. The predicted molar refractivity (Wildman–Crippen MR) is 137 cm³/mol. The number of nitriles is 1. The second kappa shape index (κ2) is 9.94. The molecule has 0 bridgehead atoms. The van der Waals surface area contributed by atoms with Gasteiger partial charge in [0.1, 0.15) is 17.6 Å². The van der Waals surface area contributed by atoms with E-state index < -0.39 is 0 Å². The standard InChI is InChI=1S/C27H27N7O/c1-3-26-30-9-6-23(33-26)19-14-18-4-5-21(35-2)16-22(18)24(15-19)32-20-7-12-34(13-8-20)27-25(17-28)29-10-11-31-27/h4-6,9-11,14-16,20,32H,3,7-8,12-13H2,1-2H3. The summed E-state index contributed by atoms with van der Waals surface area (Å²) in [5.74, 6) is 2.33. The minimum atomic E-state index is 0.287. The largest absolute Gasteiger partial charge is 0.497 e. The Labute approximate surface area is 204 Å². The zero-order chi connectivity index (χ0) is 24.2. The van der Waals surface area contributed by atoms with Crippen LogP contribution in [0.15, 0.2) is 55.0 Å². The normalized spacial score (nSPS) is 14.0. The van der Waals surface area contributed by atoms with Crippen LogP contribution in [0.3, 0.4) is 0 Å². The highest BCUT2D eigenvalue weighted by Gasteiger charge is 2.23. The molecule has 1 fully saturated rings. The molecule has 0 unspecified atom stereocenters. The Hall–Kier alpha value is -4.25. The smallest absolute Gasteiger partial charge is 0.183 e. The van der Waals surface area contributed by atoms with Gasteiger partial charge in [-0.3, -0.25) is 0 Å². The lowest BCUT2D eigenvalue weighted by molar-refractivity contribution is 0.415. The van der Waals surface area contributed by atoms with E-state index in [1.807, 2.05) is 18.3 Å². The molecular formula is C27H27N7O. The molecule has 0 radical (unpaired) electrons. The number of aryl methyl sites for hydroxylation is 1. The second-order valence-corrected chi connectivity index (χ2v) is 8.57. The van der Waals surface area contributed by atoms with E-state index in [-0.39, 0.29) is 6.04 Å². The number of nitrogens with one attached hydrogen (secondary N) is 1. The fourth-order valence-electron chi connectivity index (χ4n) is 4.56. The first kappa shape index (κ1) is 22.5. The van der Waals surface area contributed by atoms with Crippen molar-refractivity contribution in [2.45, 2.75) is 32.2 Å². The van der Waals surface area contributed by atoms with E-state index >= 15 is 0 Å². The second-order valence-electron chi connectivity index (χ2n) is 8.57. The molecule has 8 nitrogen and oxygen atoms in total. The van der Waals surface area contributed by atoms with Crippen LogP contribution in [-0.4, -0.2) is 46.2 Å². The molecule has 8 heteroatoms. The lowest BCUT2D eigenvalue weighted by Gasteiger charge is -2.34. The third-order valence-electron chi connectivity index (χ3n) is 6.42. The Morgan fingerprint density at radius 1 is 1.06 bits per heavy atom. The van der Waals surface area contributed by atoms with Gasteiger partial charge in [-0.05, 0) is 48.6 Å². The SMILES string of the molecule is CCc1nccc(-c2cc(NC3CCN(c4nccnc4C#N)CC3)c3cc(OC)ccc3c2)n1. The van der Waals surface area contributed by atoms with Gasteiger partial charge in [0.05, 0.1) is 12.8 Å². The molecule has 0 aliphatic carbocycles. The van der Waals surface area contributed by atoms with Gasteiger partial charge in [0, 0.05) is 60.8 Å². The molecule has 1 aliphatic rings. The van der Waals surface area contributed by atoms with E-state index in [4.69, 9.17) is 9.72 Å². The van der Waals surface area contributed by atoms with Gasteiger partial charge in [-0.15, -0.1) is 0 Å². The predicted octanol–water partition coefficient (Wildman–Crippen LogP) is 4.61. The summed E-state index contributed by atoms with van der Waals surface area (Å²) in [7, 11) is 1.69. The number of aromatic nitrogens is 4. The average Bonchev–Trinajstić information content (AvgIpc) is 2.93. The molecule has 2 aromatic heterocycles. The quantitative estimate of drug-likeness (QED) is 0.441. The highest BCUT2D eigenvalue weighted by atomic mass is 16.5. The van der Waals surface area contributed by atoms with Crippen LogP contribution in [0.5, 0.6) is 5.75 Å². The molecule has 1 saturated heterocycles. The van der Waals surface area contributed by atoms with Crippen LogP contribution < -0.4 is 15.0 Å². The van der Waals surface area contributed by atoms with Crippen LogP contribution >= 0.6 is 0 Å². The average molecular weight is 466 g/mol. The van der Waals surface area contributed by atoms with E-state index in [9.17, 15) is 5.26 Å². The molecule has 5 rings (SSSR count). The maximum Gasteiger partial charge on any atom is 0.183 e. The Bertz CT molecular complexity index is 1390. The van der Waals surface area contributed by atoms with Crippen molar-refractivity contribution in [2.75, 3.05) is 30.4 Å². The maximum atomic E-state index is 9.38. The van der Waals surface area contributed by atoms with Gasteiger partial charge in [0.15, 0.2) is 11.5 Å². The van der Waals surface area contributed by atoms with Crippen molar-refractivity contribution in [3.8, 4) is 23.1 Å². The van der Waals surface area contributed by atoms with Crippen LogP contribution in [0.4, 0.5) is 11.5 Å².